The Kier molecular flexibility index (Phi) is 5.37. The summed E-state index contributed by atoms with van der Waals surface area (Å²) >= 11 is 0. The Morgan fingerprint density at radius 2 is 1.96 bits per heavy atom. The third-order valence-electron chi connectivity index (χ3n) is 3.16. The first-order valence-electron chi connectivity index (χ1n) is 6.88. The molecule has 0 saturated carbocycles. The van der Waals surface area contributed by atoms with Gasteiger partial charge in [0.2, 0.25) is 5.91 Å². The zero-order valence-electron chi connectivity index (χ0n) is 12.9. The van der Waals surface area contributed by atoms with Crippen molar-refractivity contribution in [3.63, 3.8) is 0 Å². The molecular formula is C18H16N2O3. The molecule has 0 radical (unpaired) electrons. The lowest BCUT2D eigenvalue weighted by molar-refractivity contribution is -0.111. The number of carbonyl (C=O) groups excluding carboxylic acids is 1. The standard InChI is InChI=1S/C18H16N2O3/c1-22-15-8-9-17(23-2)13(11-15)7-10-18(21)20-16-6-4-3-5-14(16)12-19/h3-11H,1-2H3,(H,20,21)/b10-7+. The first-order valence-corrected chi connectivity index (χ1v) is 6.88. The summed E-state index contributed by atoms with van der Waals surface area (Å²) < 4.78 is 10.4. The van der Waals surface area contributed by atoms with Gasteiger partial charge in [-0.1, -0.05) is 12.1 Å². The third-order valence-corrected chi connectivity index (χ3v) is 3.16. The molecular weight excluding hydrogens is 292 g/mol. The number of para-hydroxylation sites is 1. The summed E-state index contributed by atoms with van der Waals surface area (Å²) in [5.74, 6) is 0.963. The van der Waals surface area contributed by atoms with Gasteiger partial charge in [0.1, 0.15) is 17.6 Å². The van der Waals surface area contributed by atoms with Crippen molar-refractivity contribution in [2.45, 2.75) is 0 Å². The van der Waals surface area contributed by atoms with Gasteiger partial charge in [0.05, 0.1) is 25.5 Å². The molecule has 0 spiro atoms. The number of benzene rings is 2. The Labute approximate surface area is 134 Å². The quantitative estimate of drug-likeness (QED) is 0.861. The Morgan fingerprint density at radius 1 is 1.17 bits per heavy atom. The molecule has 5 nitrogen and oxygen atoms in total. The van der Waals surface area contributed by atoms with Crippen molar-refractivity contribution in [2.24, 2.45) is 0 Å². The van der Waals surface area contributed by atoms with Crippen molar-refractivity contribution in [1.82, 2.24) is 0 Å². The zero-order valence-corrected chi connectivity index (χ0v) is 12.9. The zero-order chi connectivity index (χ0) is 16.7. The molecule has 2 aromatic carbocycles. The van der Waals surface area contributed by atoms with Gasteiger partial charge in [0.15, 0.2) is 0 Å². The van der Waals surface area contributed by atoms with E-state index in [4.69, 9.17) is 14.7 Å². The molecule has 0 aliphatic rings. The minimum Gasteiger partial charge on any atom is -0.497 e. The highest BCUT2D eigenvalue weighted by Gasteiger charge is 2.05. The summed E-state index contributed by atoms with van der Waals surface area (Å²) in [6.45, 7) is 0. The average molecular weight is 308 g/mol. The minimum atomic E-state index is -0.336. The van der Waals surface area contributed by atoms with Gasteiger partial charge in [-0.2, -0.15) is 5.26 Å². The highest BCUT2D eigenvalue weighted by molar-refractivity contribution is 6.02. The van der Waals surface area contributed by atoms with E-state index in [2.05, 4.69) is 5.32 Å². The van der Waals surface area contributed by atoms with E-state index in [1.54, 1.807) is 62.8 Å². The lowest BCUT2D eigenvalue weighted by atomic mass is 10.1. The SMILES string of the molecule is COc1ccc(OC)c(/C=C/C(=O)Nc2ccccc2C#N)c1. The molecule has 0 aliphatic heterocycles. The number of hydrogen-bond donors (Lipinski definition) is 1. The predicted octanol–water partition coefficient (Wildman–Crippen LogP) is 3.23. The van der Waals surface area contributed by atoms with Crippen LogP contribution in [0.1, 0.15) is 11.1 Å². The Morgan fingerprint density at radius 3 is 2.65 bits per heavy atom. The number of rotatable bonds is 5. The maximum atomic E-state index is 12.0. The van der Waals surface area contributed by atoms with Gasteiger partial charge in [-0.05, 0) is 36.4 Å². The molecule has 0 unspecified atom stereocenters. The molecule has 0 fully saturated rings. The van der Waals surface area contributed by atoms with Crippen LogP contribution in [0.5, 0.6) is 11.5 Å². The molecule has 0 saturated heterocycles. The molecule has 1 amide bonds. The van der Waals surface area contributed by atoms with Gasteiger partial charge in [-0.15, -0.1) is 0 Å². The molecule has 0 heterocycles. The van der Waals surface area contributed by atoms with E-state index in [9.17, 15) is 4.79 Å². The predicted molar refractivity (Wildman–Crippen MR) is 88.4 cm³/mol. The van der Waals surface area contributed by atoms with Crippen LogP contribution in [0.25, 0.3) is 6.08 Å². The highest BCUT2D eigenvalue weighted by atomic mass is 16.5. The lowest BCUT2D eigenvalue weighted by Crippen LogP contribution is -2.09. The monoisotopic (exact) mass is 308 g/mol. The van der Waals surface area contributed by atoms with E-state index in [0.29, 0.717) is 22.7 Å². The molecule has 23 heavy (non-hydrogen) atoms. The molecule has 5 heteroatoms. The van der Waals surface area contributed by atoms with Crippen LogP contribution >= 0.6 is 0 Å². The second-order valence-electron chi connectivity index (χ2n) is 4.59. The van der Waals surface area contributed by atoms with Gasteiger partial charge in [-0.25, -0.2) is 0 Å². The molecule has 0 bridgehead atoms. The fourth-order valence-corrected chi connectivity index (χ4v) is 2.00. The van der Waals surface area contributed by atoms with Gasteiger partial charge in [0.25, 0.3) is 0 Å². The Bertz CT molecular complexity index is 776. The summed E-state index contributed by atoms with van der Waals surface area (Å²) in [6, 6.07) is 14.2. The van der Waals surface area contributed by atoms with Crippen molar-refractivity contribution < 1.29 is 14.3 Å². The van der Waals surface area contributed by atoms with Crippen LogP contribution in [0, 0.1) is 11.3 Å². The maximum absolute atomic E-state index is 12.0. The molecule has 0 aromatic heterocycles. The molecule has 0 aliphatic carbocycles. The Balaban J connectivity index is 2.17. The number of methoxy groups -OCH3 is 2. The summed E-state index contributed by atoms with van der Waals surface area (Å²) in [5, 5.41) is 11.7. The summed E-state index contributed by atoms with van der Waals surface area (Å²) in [6.07, 6.45) is 3.01. The number of nitriles is 1. The largest absolute Gasteiger partial charge is 0.497 e. The minimum absolute atomic E-state index is 0.336. The molecule has 2 rings (SSSR count). The number of ether oxygens (including phenoxy) is 2. The topological polar surface area (TPSA) is 71.3 Å². The van der Waals surface area contributed by atoms with E-state index < -0.39 is 0 Å². The molecule has 116 valence electrons. The fraction of sp³-hybridized carbons (Fsp3) is 0.111. The van der Waals surface area contributed by atoms with Crippen LogP contribution in [0.3, 0.4) is 0 Å². The van der Waals surface area contributed by atoms with E-state index >= 15 is 0 Å². The number of hydrogen-bond acceptors (Lipinski definition) is 4. The van der Waals surface area contributed by atoms with Crippen molar-refractivity contribution >= 4 is 17.7 Å². The third kappa shape index (κ3) is 4.11. The number of nitrogens with zero attached hydrogens (tertiary/aromatic N) is 1. The number of amides is 1. The second-order valence-corrected chi connectivity index (χ2v) is 4.59. The van der Waals surface area contributed by atoms with Gasteiger partial charge >= 0.3 is 0 Å². The smallest absolute Gasteiger partial charge is 0.248 e. The first kappa shape index (κ1) is 16.1. The molecule has 1 N–H and O–H groups in total. The highest BCUT2D eigenvalue weighted by Crippen LogP contribution is 2.25. The summed E-state index contributed by atoms with van der Waals surface area (Å²) in [7, 11) is 3.13. The van der Waals surface area contributed by atoms with E-state index in [0.717, 1.165) is 5.56 Å². The van der Waals surface area contributed by atoms with Crippen LogP contribution in [0.15, 0.2) is 48.5 Å². The normalized spacial score (nSPS) is 10.1. The molecule has 0 atom stereocenters. The summed E-state index contributed by atoms with van der Waals surface area (Å²) in [5.41, 5.74) is 1.60. The lowest BCUT2D eigenvalue weighted by Gasteiger charge is -2.07. The van der Waals surface area contributed by atoms with Crippen molar-refractivity contribution in [3.8, 4) is 17.6 Å². The van der Waals surface area contributed by atoms with Crippen LogP contribution in [0.2, 0.25) is 0 Å². The van der Waals surface area contributed by atoms with Crippen molar-refractivity contribution in [1.29, 1.82) is 5.26 Å². The number of nitrogens with one attached hydrogen (secondary N) is 1. The van der Waals surface area contributed by atoms with Crippen molar-refractivity contribution in [3.05, 3.63) is 59.7 Å². The molecule has 2 aromatic rings. The van der Waals surface area contributed by atoms with Crippen LogP contribution in [-0.2, 0) is 4.79 Å². The van der Waals surface area contributed by atoms with Crippen LogP contribution in [0.4, 0.5) is 5.69 Å². The van der Waals surface area contributed by atoms with Gasteiger partial charge in [0, 0.05) is 11.6 Å². The maximum Gasteiger partial charge on any atom is 0.248 e. The first-order chi connectivity index (χ1) is 11.2. The van der Waals surface area contributed by atoms with Gasteiger partial charge in [-0.3, -0.25) is 4.79 Å². The second kappa shape index (κ2) is 7.66. The van der Waals surface area contributed by atoms with E-state index in [1.165, 1.54) is 6.08 Å². The van der Waals surface area contributed by atoms with Gasteiger partial charge < -0.3 is 14.8 Å². The average Bonchev–Trinajstić information content (AvgIpc) is 2.60. The number of anilines is 1. The fourth-order valence-electron chi connectivity index (χ4n) is 2.00. The summed E-state index contributed by atoms with van der Waals surface area (Å²) in [4.78, 5) is 12.0. The van der Waals surface area contributed by atoms with Crippen LogP contribution < -0.4 is 14.8 Å². The van der Waals surface area contributed by atoms with Crippen molar-refractivity contribution in [2.75, 3.05) is 19.5 Å². The number of carbonyl (C=O) groups is 1. The van der Waals surface area contributed by atoms with Crippen LogP contribution in [-0.4, -0.2) is 20.1 Å². The van der Waals surface area contributed by atoms with E-state index in [1.807, 2.05) is 6.07 Å². The Hall–Kier alpha value is -3.26. The van der Waals surface area contributed by atoms with E-state index in [-0.39, 0.29) is 5.91 Å².